The highest BCUT2D eigenvalue weighted by atomic mass is 16.5. The predicted octanol–water partition coefficient (Wildman–Crippen LogP) is 4.22. The Hall–Kier alpha value is -2.49. The van der Waals surface area contributed by atoms with E-state index in [0.29, 0.717) is 19.6 Å². The Balaban J connectivity index is 1.80. The normalized spacial score (nSPS) is 11.7. The number of carbonyl (C=O) groups is 1. The summed E-state index contributed by atoms with van der Waals surface area (Å²) in [6, 6.07) is 14.0. The number of nitrogens with one attached hydrogen (secondary N) is 1. The smallest absolute Gasteiger partial charge is 0.261 e. The lowest BCUT2D eigenvalue weighted by Crippen LogP contribution is -2.39. The van der Waals surface area contributed by atoms with Gasteiger partial charge in [-0.1, -0.05) is 38.1 Å². The third-order valence-corrected chi connectivity index (χ3v) is 4.28. The molecule has 1 amide bonds. The molecule has 2 rings (SSSR count). The third kappa shape index (κ3) is 5.80. The fourth-order valence-corrected chi connectivity index (χ4v) is 2.60. The summed E-state index contributed by atoms with van der Waals surface area (Å²) >= 11 is 0. The van der Waals surface area contributed by atoms with Crippen LogP contribution in [0.15, 0.2) is 42.5 Å². The summed E-state index contributed by atoms with van der Waals surface area (Å²) < 4.78 is 11.6. The molecule has 2 aromatic rings. The van der Waals surface area contributed by atoms with Crippen molar-refractivity contribution in [3.8, 4) is 11.5 Å². The first-order valence-electron chi connectivity index (χ1n) is 9.26. The lowest BCUT2D eigenvalue weighted by molar-refractivity contribution is -0.128. The lowest BCUT2D eigenvalue weighted by Gasteiger charge is -2.18. The molecule has 0 spiro atoms. The predicted molar refractivity (Wildman–Crippen MR) is 105 cm³/mol. The van der Waals surface area contributed by atoms with E-state index in [1.54, 1.807) is 0 Å². The molecule has 0 fully saturated rings. The highest BCUT2D eigenvalue weighted by Gasteiger charge is 2.17. The summed E-state index contributed by atoms with van der Waals surface area (Å²) in [5, 5.41) is 2.89. The maximum absolute atomic E-state index is 12.3. The number of aryl methyl sites for hydroxylation is 3. The third-order valence-electron chi connectivity index (χ3n) is 4.28. The topological polar surface area (TPSA) is 47.6 Å². The largest absolute Gasteiger partial charge is 0.491 e. The number of rotatable bonds is 9. The minimum Gasteiger partial charge on any atom is -0.491 e. The molecule has 0 radical (unpaired) electrons. The Morgan fingerprint density at radius 1 is 1.08 bits per heavy atom. The molecule has 0 saturated carbocycles. The van der Waals surface area contributed by atoms with Gasteiger partial charge >= 0.3 is 0 Å². The second-order valence-electron chi connectivity index (χ2n) is 6.42. The number of carbonyl (C=O) groups excluding carboxylic acids is 1. The van der Waals surface area contributed by atoms with E-state index in [1.807, 2.05) is 57.2 Å². The van der Waals surface area contributed by atoms with E-state index < -0.39 is 6.10 Å². The molecule has 0 aliphatic rings. The Bertz CT molecular complexity index is 710. The molecular weight excluding hydrogens is 326 g/mol. The van der Waals surface area contributed by atoms with Crippen molar-refractivity contribution in [3.05, 3.63) is 59.2 Å². The van der Waals surface area contributed by atoms with E-state index in [0.717, 1.165) is 29.0 Å². The van der Waals surface area contributed by atoms with Crippen molar-refractivity contribution in [2.24, 2.45) is 0 Å². The molecule has 0 unspecified atom stereocenters. The second-order valence-corrected chi connectivity index (χ2v) is 6.42. The summed E-state index contributed by atoms with van der Waals surface area (Å²) in [5.74, 6) is 1.46. The van der Waals surface area contributed by atoms with E-state index >= 15 is 0 Å². The minimum absolute atomic E-state index is 0.114. The molecular formula is C22H29NO3. The first kappa shape index (κ1) is 19.8. The van der Waals surface area contributed by atoms with Crippen LogP contribution in [0.3, 0.4) is 0 Å². The van der Waals surface area contributed by atoms with Crippen LogP contribution in [-0.2, 0) is 11.2 Å². The first-order chi connectivity index (χ1) is 12.5. The average molecular weight is 355 g/mol. The first-order valence-corrected chi connectivity index (χ1v) is 9.26. The Kier molecular flexibility index (Phi) is 7.52. The Labute approximate surface area is 156 Å². The van der Waals surface area contributed by atoms with Gasteiger partial charge in [-0.15, -0.1) is 0 Å². The number of hydrogen-bond donors (Lipinski definition) is 1. The number of benzene rings is 2. The van der Waals surface area contributed by atoms with E-state index in [-0.39, 0.29) is 5.91 Å². The SMILES string of the molecule is CCc1ccc(O[C@H](CC)C(=O)NCCOc2cc(C)ccc2C)cc1. The van der Waals surface area contributed by atoms with Gasteiger partial charge in [-0.3, -0.25) is 4.79 Å². The van der Waals surface area contributed by atoms with Crippen LogP contribution in [-0.4, -0.2) is 25.2 Å². The highest BCUT2D eigenvalue weighted by Crippen LogP contribution is 2.19. The van der Waals surface area contributed by atoms with Crippen LogP contribution in [0.25, 0.3) is 0 Å². The van der Waals surface area contributed by atoms with E-state index in [9.17, 15) is 4.79 Å². The summed E-state index contributed by atoms with van der Waals surface area (Å²) in [5.41, 5.74) is 3.49. The quantitative estimate of drug-likeness (QED) is 0.685. The molecule has 4 heteroatoms. The molecule has 26 heavy (non-hydrogen) atoms. The summed E-state index contributed by atoms with van der Waals surface area (Å²) in [7, 11) is 0. The number of hydrogen-bond acceptors (Lipinski definition) is 3. The highest BCUT2D eigenvalue weighted by molar-refractivity contribution is 5.81. The van der Waals surface area contributed by atoms with E-state index in [1.165, 1.54) is 5.56 Å². The minimum atomic E-state index is -0.497. The van der Waals surface area contributed by atoms with Crippen LogP contribution >= 0.6 is 0 Å². The molecule has 0 aliphatic carbocycles. The van der Waals surface area contributed by atoms with Crippen LogP contribution in [0.4, 0.5) is 0 Å². The van der Waals surface area contributed by atoms with Gasteiger partial charge < -0.3 is 14.8 Å². The zero-order valence-electron chi connectivity index (χ0n) is 16.2. The van der Waals surface area contributed by atoms with Gasteiger partial charge in [0.2, 0.25) is 0 Å². The maximum atomic E-state index is 12.3. The van der Waals surface area contributed by atoms with Gasteiger partial charge in [0, 0.05) is 0 Å². The monoisotopic (exact) mass is 355 g/mol. The van der Waals surface area contributed by atoms with Crippen molar-refractivity contribution in [1.82, 2.24) is 5.32 Å². The molecule has 2 aromatic carbocycles. The summed E-state index contributed by atoms with van der Waals surface area (Å²) in [6.45, 7) is 8.97. The molecule has 0 bridgehead atoms. The number of ether oxygens (including phenoxy) is 2. The summed E-state index contributed by atoms with van der Waals surface area (Å²) in [6.07, 6.45) is 1.10. The number of amides is 1. The lowest BCUT2D eigenvalue weighted by atomic mass is 10.1. The van der Waals surface area contributed by atoms with Gasteiger partial charge in [0.25, 0.3) is 5.91 Å². The van der Waals surface area contributed by atoms with Crippen molar-refractivity contribution >= 4 is 5.91 Å². The van der Waals surface area contributed by atoms with Gasteiger partial charge in [-0.05, 0) is 61.6 Å². The molecule has 140 valence electrons. The molecule has 1 atom stereocenters. The Morgan fingerprint density at radius 2 is 1.81 bits per heavy atom. The van der Waals surface area contributed by atoms with Crippen molar-refractivity contribution < 1.29 is 14.3 Å². The van der Waals surface area contributed by atoms with Gasteiger partial charge in [-0.2, -0.15) is 0 Å². The maximum Gasteiger partial charge on any atom is 0.261 e. The Morgan fingerprint density at radius 3 is 2.46 bits per heavy atom. The second kappa shape index (κ2) is 9.85. The zero-order valence-corrected chi connectivity index (χ0v) is 16.2. The van der Waals surface area contributed by atoms with Gasteiger partial charge in [0.05, 0.1) is 6.54 Å². The van der Waals surface area contributed by atoms with Crippen molar-refractivity contribution in [2.45, 2.75) is 46.6 Å². The summed E-state index contributed by atoms with van der Waals surface area (Å²) in [4.78, 5) is 12.3. The molecule has 4 nitrogen and oxygen atoms in total. The molecule has 1 N–H and O–H groups in total. The van der Waals surface area contributed by atoms with Crippen molar-refractivity contribution in [2.75, 3.05) is 13.2 Å². The van der Waals surface area contributed by atoms with Crippen LogP contribution in [0.2, 0.25) is 0 Å². The standard InChI is InChI=1S/C22H29NO3/c1-5-18-9-11-19(12-10-18)26-20(6-2)22(24)23-13-14-25-21-15-16(3)7-8-17(21)4/h7-12,15,20H,5-6,13-14H2,1-4H3,(H,23,24)/t20-/m1/s1. The van der Waals surface area contributed by atoms with Crippen LogP contribution in [0, 0.1) is 13.8 Å². The van der Waals surface area contributed by atoms with E-state index in [4.69, 9.17) is 9.47 Å². The molecule has 0 aliphatic heterocycles. The van der Waals surface area contributed by atoms with Crippen LogP contribution < -0.4 is 14.8 Å². The van der Waals surface area contributed by atoms with E-state index in [2.05, 4.69) is 18.3 Å². The fourth-order valence-electron chi connectivity index (χ4n) is 2.60. The molecule has 0 heterocycles. The van der Waals surface area contributed by atoms with Gasteiger partial charge in [-0.25, -0.2) is 0 Å². The van der Waals surface area contributed by atoms with Gasteiger partial charge in [0.1, 0.15) is 18.1 Å². The molecule has 0 saturated heterocycles. The van der Waals surface area contributed by atoms with Crippen LogP contribution in [0.5, 0.6) is 11.5 Å². The van der Waals surface area contributed by atoms with Gasteiger partial charge in [0.15, 0.2) is 6.10 Å². The van der Waals surface area contributed by atoms with Crippen molar-refractivity contribution in [3.63, 3.8) is 0 Å². The van der Waals surface area contributed by atoms with Crippen molar-refractivity contribution in [1.29, 1.82) is 0 Å². The average Bonchev–Trinajstić information content (AvgIpc) is 2.66. The van der Waals surface area contributed by atoms with Crippen LogP contribution in [0.1, 0.15) is 37.0 Å². The molecule has 0 aromatic heterocycles. The fraction of sp³-hybridized carbons (Fsp3) is 0.409. The zero-order chi connectivity index (χ0) is 18.9.